The van der Waals surface area contributed by atoms with Gasteiger partial charge in [0, 0.05) is 0 Å². The first kappa shape index (κ1) is 16.9. The first-order valence-electron chi connectivity index (χ1n) is 7.58. The van der Waals surface area contributed by atoms with Gasteiger partial charge >= 0.3 is 0 Å². The maximum Gasteiger partial charge on any atom is -0.00110 e. The summed E-state index contributed by atoms with van der Waals surface area (Å²) in [4.78, 5) is 0. The van der Waals surface area contributed by atoms with Crippen LogP contribution in [0.15, 0.2) is 0 Å². The van der Waals surface area contributed by atoms with Crippen LogP contribution in [0, 0.1) is 11.8 Å². The minimum absolute atomic E-state index is 0.746. The van der Waals surface area contributed by atoms with Crippen molar-refractivity contribution in [3.05, 3.63) is 0 Å². The van der Waals surface area contributed by atoms with E-state index < -0.39 is 0 Å². The summed E-state index contributed by atoms with van der Waals surface area (Å²) in [7, 11) is 0. The van der Waals surface area contributed by atoms with Gasteiger partial charge in [0.1, 0.15) is 0 Å². The maximum absolute atomic E-state index is 3.55. The highest BCUT2D eigenvalue weighted by atomic mass is 14.9. The van der Waals surface area contributed by atoms with E-state index in [0.29, 0.717) is 0 Å². The van der Waals surface area contributed by atoms with Gasteiger partial charge in [-0.1, -0.05) is 53.4 Å². The summed E-state index contributed by atoms with van der Waals surface area (Å²) < 4.78 is 0. The fraction of sp³-hybridized carbons (Fsp3) is 1.00. The summed E-state index contributed by atoms with van der Waals surface area (Å²) in [6.07, 6.45) is 6.95. The molecule has 0 aromatic carbocycles. The Balaban J connectivity index is 3.07. The molecule has 0 saturated carbocycles. The van der Waals surface area contributed by atoms with E-state index in [9.17, 15) is 0 Å². The molecule has 0 aliphatic rings. The predicted molar refractivity (Wildman–Crippen MR) is 78.5 cm³/mol. The van der Waals surface area contributed by atoms with Gasteiger partial charge in [-0.25, -0.2) is 0 Å². The van der Waals surface area contributed by atoms with Gasteiger partial charge in [-0.3, -0.25) is 0 Å². The van der Waals surface area contributed by atoms with E-state index in [2.05, 4.69) is 38.3 Å². The Morgan fingerprint density at radius 1 is 0.824 bits per heavy atom. The fourth-order valence-corrected chi connectivity index (χ4v) is 1.97. The Labute approximate surface area is 109 Å². The lowest BCUT2D eigenvalue weighted by atomic mass is 10.0. The zero-order valence-corrected chi connectivity index (χ0v) is 12.5. The molecule has 17 heavy (non-hydrogen) atoms. The van der Waals surface area contributed by atoms with Crippen molar-refractivity contribution < 1.29 is 0 Å². The zero-order valence-electron chi connectivity index (χ0n) is 12.5. The minimum atomic E-state index is 0.746. The first-order chi connectivity index (χ1) is 8.16. The molecule has 0 heterocycles. The van der Waals surface area contributed by atoms with Crippen LogP contribution in [0.2, 0.25) is 0 Å². The van der Waals surface area contributed by atoms with Crippen LogP contribution in [-0.2, 0) is 0 Å². The Hall–Kier alpha value is -0.0800. The fourth-order valence-electron chi connectivity index (χ4n) is 1.97. The lowest BCUT2D eigenvalue weighted by Gasteiger charge is -2.12. The van der Waals surface area contributed by atoms with Gasteiger partial charge in [0.25, 0.3) is 0 Å². The minimum Gasteiger partial charge on any atom is -0.317 e. The van der Waals surface area contributed by atoms with E-state index in [-0.39, 0.29) is 0 Å². The van der Waals surface area contributed by atoms with Crippen LogP contribution in [0.1, 0.15) is 59.8 Å². The molecule has 0 aromatic heterocycles. The molecule has 104 valence electrons. The Bertz CT molecular complexity index is 146. The average molecular weight is 242 g/mol. The second-order valence-corrected chi connectivity index (χ2v) is 5.71. The van der Waals surface area contributed by atoms with Crippen LogP contribution in [0.5, 0.6) is 0 Å². The molecular weight excluding hydrogens is 208 g/mol. The van der Waals surface area contributed by atoms with Gasteiger partial charge < -0.3 is 10.6 Å². The molecule has 2 nitrogen and oxygen atoms in total. The third-order valence-electron chi connectivity index (χ3n) is 3.12. The molecule has 0 fully saturated rings. The van der Waals surface area contributed by atoms with Gasteiger partial charge in [0.2, 0.25) is 0 Å². The maximum atomic E-state index is 3.55. The Morgan fingerprint density at radius 3 is 2.12 bits per heavy atom. The lowest BCUT2D eigenvalue weighted by molar-refractivity contribution is 0.466. The monoisotopic (exact) mass is 242 g/mol. The molecule has 0 radical (unpaired) electrons. The van der Waals surface area contributed by atoms with Crippen LogP contribution in [0.3, 0.4) is 0 Å². The van der Waals surface area contributed by atoms with Crippen molar-refractivity contribution in [3.8, 4) is 0 Å². The highest BCUT2D eigenvalue weighted by molar-refractivity contribution is 4.59. The normalized spacial score (nSPS) is 13.2. The van der Waals surface area contributed by atoms with Gasteiger partial charge in [-0.2, -0.15) is 0 Å². The van der Waals surface area contributed by atoms with Crippen LogP contribution in [0.4, 0.5) is 0 Å². The summed E-state index contributed by atoms with van der Waals surface area (Å²) in [5.74, 6) is 1.62. The molecule has 0 rings (SSSR count). The smallest absolute Gasteiger partial charge is 0.00110 e. The van der Waals surface area contributed by atoms with Crippen molar-refractivity contribution in [2.75, 3.05) is 26.2 Å². The van der Waals surface area contributed by atoms with Crippen molar-refractivity contribution in [2.45, 2.75) is 59.8 Å². The molecule has 0 bridgehead atoms. The first-order valence-corrected chi connectivity index (χ1v) is 7.58. The number of hydrogen-bond donors (Lipinski definition) is 2. The van der Waals surface area contributed by atoms with Gasteiger partial charge in [0.15, 0.2) is 0 Å². The second-order valence-electron chi connectivity index (χ2n) is 5.71. The quantitative estimate of drug-likeness (QED) is 0.512. The molecule has 0 aromatic rings. The molecular formula is C15H34N2. The van der Waals surface area contributed by atoms with E-state index in [4.69, 9.17) is 0 Å². The zero-order chi connectivity index (χ0) is 12.9. The number of nitrogens with one attached hydrogen (secondary N) is 2. The van der Waals surface area contributed by atoms with Crippen LogP contribution in [0.25, 0.3) is 0 Å². The van der Waals surface area contributed by atoms with E-state index >= 15 is 0 Å². The summed E-state index contributed by atoms with van der Waals surface area (Å²) in [6.45, 7) is 13.7. The SMILES string of the molecule is CCNCC(C)CNCCCCCCC(C)C. The largest absolute Gasteiger partial charge is 0.317 e. The van der Waals surface area contributed by atoms with E-state index in [0.717, 1.165) is 31.5 Å². The predicted octanol–water partition coefficient (Wildman–Crippen LogP) is 3.43. The Morgan fingerprint density at radius 2 is 1.47 bits per heavy atom. The Kier molecular flexibility index (Phi) is 12.3. The lowest BCUT2D eigenvalue weighted by Crippen LogP contribution is -2.29. The van der Waals surface area contributed by atoms with Crippen molar-refractivity contribution in [1.29, 1.82) is 0 Å². The molecule has 0 spiro atoms. The van der Waals surface area contributed by atoms with Crippen molar-refractivity contribution in [2.24, 2.45) is 11.8 Å². The molecule has 1 atom stereocenters. The van der Waals surface area contributed by atoms with E-state index in [1.165, 1.54) is 38.6 Å². The van der Waals surface area contributed by atoms with Gasteiger partial charge in [0.05, 0.1) is 0 Å². The van der Waals surface area contributed by atoms with Gasteiger partial charge in [-0.05, 0) is 44.4 Å². The molecule has 0 aliphatic carbocycles. The third-order valence-corrected chi connectivity index (χ3v) is 3.12. The van der Waals surface area contributed by atoms with Gasteiger partial charge in [-0.15, -0.1) is 0 Å². The standard InChI is InChI=1S/C15H34N2/c1-5-16-12-15(4)13-17-11-9-7-6-8-10-14(2)3/h14-17H,5-13H2,1-4H3. The topological polar surface area (TPSA) is 24.1 Å². The van der Waals surface area contributed by atoms with Crippen molar-refractivity contribution in [3.63, 3.8) is 0 Å². The van der Waals surface area contributed by atoms with Crippen LogP contribution >= 0.6 is 0 Å². The number of rotatable bonds is 12. The van der Waals surface area contributed by atoms with E-state index in [1.54, 1.807) is 0 Å². The second kappa shape index (κ2) is 12.4. The molecule has 2 heteroatoms. The molecule has 0 amide bonds. The molecule has 1 unspecified atom stereocenters. The van der Waals surface area contributed by atoms with Crippen molar-refractivity contribution in [1.82, 2.24) is 10.6 Å². The average Bonchev–Trinajstić information content (AvgIpc) is 2.29. The third kappa shape index (κ3) is 13.9. The highest BCUT2D eigenvalue weighted by Gasteiger charge is 1.99. The molecule has 2 N–H and O–H groups in total. The van der Waals surface area contributed by atoms with Crippen LogP contribution in [-0.4, -0.2) is 26.2 Å². The van der Waals surface area contributed by atoms with Crippen molar-refractivity contribution >= 4 is 0 Å². The molecule has 0 aliphatic heterocycles. The summed E-state index contributed by atoms with van der Waals surface area (Å²) >= 11 is 0. The number of unbranched alkanes of at least 4 members (excludes halogenated alkanes) is 3. The van der Waals surface area contributed by atoms with Crippen LogP contribution < -0.4 is 10.6 Å². The summed E-state index contributed by atoms with van der Waals surface area (Å²) in [5, 5.41) is 6.94. The molecule has 0 saturated heterocycles. The summed E-state index contributed by atoms with van der Waals surface area (Å²) in [6, 6.07) is 0. The number of hydrogen-bond acceptors (Lipinski definition) is 2. The summed E-state index contributed by atoms with van der Waals surface area (Å²) in [5.41, 5.74) is 0. The van der Waals surface area contributed by atoms with E-state index in [1.807, 2.05) is 0 Å². The highest BCUT2D eigenvalue weighted by Crippen LogP contribution is 2.08.